The van der Waals surface area contributed by atoms with Crippen LogP contribution in [0.2, 0.25) is 0 Å². The molecular weight excluding hydrogens is 250 g/mol. The third-order valence-electron chi connectivity index (χ3n) is 3.37. The van der Waals surface area contributed by atoms with Crippen molar-refractivity contribution >= 4 is 11.8 Å². The molecule has 1 aromatic heterocycles. The number of aromatic nitrogens is 2. The van der Waals surface area contributed by atoms with Crippen molar-refractivity contribution in [3.8, 4) is 5.75 Å². The average molecular weight is 267 g/mol. The number of carboxylic acids is 1. The molecule has 0 radical (unpaired) electrons. The van der Waals surface area contributed by atoms with Gasteiger partial charge in [-0.2, -0.15) is 0 Å². The van der Waals surface area contributed by atoms with Crippen molar-refractivity contribution in [2.24, 2.45) is 5.92 Å². The molecule has 1 aromatic rings. The first kappa shape index (κ1) is 13.4. The molecule has 7 nitrogen and oxygen atoms in total. The minimum absolute atomic E-state index is 0.196. The third-order valence-corrected chi connectivity index (χ3v) is 3.37. The molecule has 1 aliphatic heterocycles. The summed E-state index contributed by atoms with van der Waals surface area (Å²) < 4.78 is 5.08. The van der Waals surface area contributed by atoms with Crippen LogP contribution in [-0.2, 0) is 4.79 Å². The van der Waals surface area contributed by atoms with Gasteiger partial charge in [0.2, 0.25) is 5.75 Å². The lowest BCUT2D eigenvalue weighted by atomic mass is 9.93. The van der Waals surface area contributed by atoms with E-state index in [0.717, 1.165) is 12.8 Å². The molecule has 0 saturated carbocycles. The molecule has 7 heteroatoms. The zero-order chi connectivity index (χ0) is 13.8. The van der Waals surface area contributed by atoms with Crippen molar-refractivity contribution in [3.05, 3.63) is 16.7 Å². The number of piperidine rings is 1. The summed E-state index contributed by atoms with van der Waals surface area (Å²) in [6.45, 7) is 1.37. The monoisotopic (exact) mass is 267 g/mol. The quantitative estimate of drug-likeness (QED) is 0.823. The molecule has 2 N–H and O–H groups in total. The standard InChI is InChI=1S/C12H17N3O4/c1-19-10-11(13-7-14-12(10)18)15-4-2-8(3-5-15)6-9(16)17/h7-8H,2-6H2,1H3,(H,16,17)(H,13,14,18). The van der Waals surface area contributed by atoms with Gasteiger partial charge < -0.3 is 19.7 Å². The van der Waals surface area contributed by atoms with Gasteiger partial charge in [0.05, 0.1) is 13.4 Å². The minimum atomic E-state index is -0.759. The van der Waals surface area contributed by atoms with Crippen LogP contribution in [0.25, 0.3) is 0 Å². The van der Waals surface area contributed by atoms with E-state index in [2.05, 4.69) is 9.97 Å². The van der Waals surface area contributed by atoms with Gasteiger partial charge >= 0.3 is 5.97 Å². The Hall–Kier alpha value is -2.05. The van der Waals surface area contributed by atoms with Gasteiger partial charge in [0.15, 0.2) is 5.82 Å². The highest BCUT2D eigenvalue weighted by molar-refractivity contribution is 5.67. The maximum absolute atomic E-state index is 11.6. The SMILES string of the molecule is COc1c(N2CCC(CC(=O)O)CC2)nc[nH]c1=O. The summed E-state index contributed by atoms with van der Waals surface area (Å²) in [5, 5.41) is 8.78. The summed E-state index contributed by atoms with van der Waals surface area (Å²) in [6.07, 6.45) is 3.12. The number of nitrogens with one attached hydrogen (secondary N) is 1. The van der Waals surface area contributed by atoms with Gasteiger partial charge in [-0.3, -0.25) is 9.59 Å². The van der Waals surface area contributed by atoms with E-state index in [0.29, 0.717) is 18.9 Å². The number of methoxy groups -OCH3 is 1. The highest BCUT2D eigenvalue weighted by Gasteiger charge is 2.24. The molecule has 0 spiro atoms. The highest BCUT2D eigenvalue weighted by Crippen LogP contribution is 2.27. The van der Waals surface area contributed by atoms with Crippen LogP contribution in [0.5, 0.6) is 5.75 Å². The number of nitrogens with zero attached hydrogens (tertiary/aromatic N) is 2. The molecule has 0 bridgehead atoms. The van der Waals surface area contributed by atoms with E-state index in [9.17, 15) is 9.59 Å². The fourth-order valence-electron chi connectivity index (χ4n) is 2.38. The summed E-state index contributed by atoms with van der Waals surface area (Å²) in [7, 11) is 1.44. The number of carbonyl (C=O) groups is 1. The lowest BCUT2D eigenvalue weighted by molar-refractivity contribution is -0.138. The first-order chi connectivity index (χ1) is 9.11. The van der Waals surface area contributed by atoms with Gasteiger partial charge in [-0.25, -0.2) is 4.98 Å². The number of aliphatic carboxylic acids is 1. The van der Waals surface area contributed by atoms with Crippen molar-refractivity contribution < 1.29 is 14.6 Å². The van der Waals surface area contributed by atoms with Crippen molar-refractivity contribution in [1.82, 2.24) is 9.97 Å². The molecule has 1 aliphatic rings. The lowest BCUT2D eigenvalue weighted by Gasteiger charge is -2.32. The predicted octanol–water partition coefficient (Wildman–Crippen LogP) is 0.470. The Bertz CT molecular complexity index is 506. The fourth-order valence-corrected chi connectivity index (χ4v) is 2.38. The smallest absolute Gasteiger partial charge is 0.303 e. The lowest BCUT2D eigenvalue weighted by Crippen LogP contribution is -2.36. The van der Waals surface area contributed by atoms with Crippen LogP contribution in [0.15, 0.2) is 11.1 Å². The Labute approximate surface area is 110 Å². The molecular formula is C12H17N3O4. The normalized spacial score (nSPS) is 16.4. The first-order valence-corrected chi connectivity index (χ1v) is 6.20. The van der Waals surface area contributed by atoms with E-state index in [1.165, 1.54) is 13.4 Å². The van der Waals surface area contributed by atoms with E-state index in [4.69, 9.17) is 9.84 Å². The van der Waals surface area contributed by atoms with Crippen LogP contribution >= 0.6 is 0 Å². The largest absolute Gasteiger partial charge is 0.489 e. The molecule has 1 saturated heterocycles. The van der Waals surface area contributed by atoms with E-state index in [1.807, 2.05) is 4.90 Å². The summed E-state index contributed by atoms with van der Waals surface area (Å²) in [5.41, 5.74) is -0.305. The molecule has 0 unspecified atom stereocenters. The van der Waals surface area contributed by atoms with Crippen molar-refractivity contribution in [1.29, 1.82) is 0 Å². The second-order valence-corrected chi connectivity index (χ2v) is 4.62. The number of aromatic amines is 1. The van der Waals surface area contributed by atoms with Crippen LogP contribution in [0, 0.1) is 5.92 Å². The maximum Gasteiger partial charge on any atom is 0.303 e. The highest BCUT2D eigenvalue weighted by atomic mass is 16.5. The molecule has 0 aromatic carbocycles. The second kappa shape index (κ2) is 5.73. The number of H-pyrrole nitrogens is 1. The molecule has 0 aliphatic carbocycles. The first-order valence-electron chi connectivity index (χ1n) is 6.20. The summed E-state index contributed by atoms with van der Waals surface area (Å²) in [6, 6.07) is 0. The molecule has 0 amide bonds. The molecule has 1 fully saturated rings. The molecule has 0 atom stereocenters. The number of hydrogen-bond acceptors (Lipinski definition) is 5. The average Bonchev–Trinajstić information content (AvgIpc) is 2.38. The summed E-state index contributed by atoms with van der Waals surface area (Å²) >= 11 is 0. The number of carboxylic acid groups (broad SMARTS) is 1. The Morgan fingerprint density at radius 1 is 1.58 bits per heavy atom. The number of anilines is 1. The van der Waals surface area contributed by atoms with Crippen molar-refractivity contribution in [3.63, 3.8) is 0 Å². The van der Waals surface area contributed by atoms with Gasteiger partial charge in [0.1, 0.15) is 0 Å². The van der Waals surface area contributed by atoms with Gasteiger partial charge in [0.25, 0.3) is 5.56 Å². The van der Waals surface area contributed by atoms with E-state index >= 15 is 0 Å². The van der Waals surface area contributed by atoms with Gasteiger partial charge in [-0.1, -0.05) is 0 Å². The van der Waals surface area contributed by atoms with Crippen molar-refractivity contribution in [2.45, 2.75) is 19.3 Å². The van der Waals surface area contributed by atoms with Crippen LogP contribution < -0.4 is 15.2 Å². The van der Waals surface area contributed by atoms with Crippen LogP contribution in [0.1, 0.15) is 19.3 Å². The van der Waals surface area contributed by atoms with E-state index < -0.39 is 5.97 Å². The summed E-state index contributed by atoms with van der Waals surface area (Å²) in [4.78, 5) is 30.9. The van der Waals surface area contributed by atoms with Crippen molar-refractivity contribution in [2.75, 3.05) is 25.1 Å². The number of hydrogen-bond donors (Lipinski definition) is 2. The predicted molar refractivity (Wildman–Crippen MR) is 68.6 cm³/mol. The topological polar surface area (TPSA) is 95.5 Å². The van der Waals surface area contributed by atoms with Crippen LogP contribution in [0.3, 0.4) is 0 Å². The van der Waals surface area contributed by atoms with E-state index in [-0.39, 0.29) is 23.6 Å². The molecule has 19 heavy (non-hydrogen) atoms. The zero-order valence-electron chi connectivity index (χ0n) is 10.8. The number of rotatable bonds is 4. The zero-order valence-corrected chi connectivity index (χ0v) is 10.8. The third kappa shape index (κ3) is 3.04. The Kier molecular flexibility index (Phi) is 4.03. The fraction of sp³-hybridized carbons (Fsp3) is 0.583. The minimum Gasteiger partial charge on any atom is -0.489 e. The molecule has 104 valence electrons. The number of ether oxygens (including phenoxy) is 1. The Morgan fingerprint density at radius 3 is 2.84 bits per heavy atom. The maximum atomic E-state index is 11.6. The van der Waals surface area contributed by atoms with Crippen LogP contribution in [-0.4, -0.2) is 41.2 Å². The Morgan fingerprint density at radius 2 is 2.26 bits per heavy atom. The van der Waals surface area contributed by atoms with Gasteiger partial charge in [-0.05, 0) is 18.8 Å². The Balaban J connectivity index is 2.08. The summed E-state index contributed by atoms with van der Waals surface area (Å²) in [5.74, 6) is 0.172. The molecule has 2 heterocycles. The second-order valence-electron chi connectivity index (χ2n) is 4.62. The van der Waals surface area contributed by atoms with Crippen LogP contribution in [0.4, 0.5) is 5.82 Å². The van der Waals surface area contributed by atoms with Gasteiger partial charge in [-0.15, -0.1) is 0 Å². The van der Waals surface area contributed by atoms with E-state index in [1.54, 1.807) is 0 Å². The van der Waals surface area contributed by atoms with Gasteiger partial charge in [0, 0.05) is 19.5 Å². The molecule has 2 rings (SSSR count).